The average molecular weight is 375 g/mol. The largest absolute Gasteiger partial charge is 0.329 e. The first-order chi connectivity index (χ1) is 10.1. The topological polar surface area (TPSA) is 32.5 Å². The number of hydrogen-bond donors (Lipinski definition) is 1. The molecular formula is C16H25BrClN3. The van der Waals surface area contributed by atoms with Crippen LogP contribution >= 0.6 is 27.5 Å². The third-order valence-electron chi connectivity index (χ3n) is 4.36. The zero-order valence-corrected chi connectivity index (χ0v) is 15.2. The molecule has 1 aromatic carbocycles. The van der Waals surface area contributed by atoms with Crippen molar-refractivity contribution in [3.63, 3.8) is 0 Å². The molecule has 0 aromatic heterocycles. The fourth-order valence-electron chi connectivity index (χ4n) is 3.25. The van der Waals surface area contributed by atoms with Crippen LogP contribution in [0.5, 0.6) is 0 Å². The molecule has 1 aliphatic rings. The number of benzene rings is 1. The van der Waals surface area contributed by atoms with Crippen LogP contribution in [0, 0.1) is 0 Å². The van der Waals surface area contributed by atoms with Gasteiger partial charge in [0.1, 0.15) is 0 Å². The molecule has 1 heterocycles. The lowest BCUT2D eigenvalue weighted by atomic mass is 10.0. The molecule has 1 fully saturated rings. The van der Waals surface area contributed by atoms with Crippen molar-refractivity contribution < 1.29 is 0 Å². The van der Waals surface area contributed by atoms with Crippen molar-refractivity contribution in [1.29, 1.82) is 0 Å². The maximum absolute atomic E-state index is 6.46. The monoisotopic (exact) mass is 373 g/mol. The molecule has 0 aliphatic carbocycles. The van der Waals surface area contributed by atoms with Gasteiger partial charge in [0.15, 0.2) is 0 Å². The summed E-state index contributed by atoms with van der Waals surface area (Å²) < 4.78 is 1.01. The van der Waals surface area contributed by atoms with Crippen LogP contribution in [0.2, 0.25) is 5.02 Å². The summed E-state index contributed by atoms with van der Waals surface area (Å²) in [5.41, 5.74) is 7.26. The van der Waals surface area contributed by atoms with Gasteiger partial charge in [-0.2, -0.15) is 0 Å². The number of nitrogens with two attached hydrogens (primary N) is 1. The lowest BCUT2D eigenvalue weighted by Gasteiger charge is -2.37. The maximum Gasteiger partial charge on any atom is 0.0488 e. The van der Waals surface area contributed by atoms with Gasteiger partial charge < -0.3 is 10.6 Å². The van der Waals surface area contributed by atoms with Crippen molar-refractivity contribution >= 4 is 27.5 Å². The molecule has 1 aromatic rings. The second-order valence-electron chi connectivity index (χ2n) is 5.83. The second-order valence-corrected chi connectivity index (χ2v) is 7.16. The van der Waals surface area contributed by atoms with Crippen LogP contribution in [-0.2, 0) is 0 Å². The van der Waals surface area contributed by atoms with Gasteiger partial charge in [-0.05, 0) is 44.1 Å². The van der Waals surface area contributed by atoms with E-state index in [1.54, 1.807) is 0 Å². The molecule has 1 aliphatic heterocycles. The summed E-state index contributed by atoms with van der Waals surface area (Å²) in [7, 11) is 2.20. The number of likely N-dealkylation sites (N-methyl/N-ethyl adjacent to an activating group) is 1. The molecule has 0 spiro atoms. The fraction of sp³-hybridized carbons (Fsp3) is 0.625. The Labute approximate surface area is 141 Å². The second kappa shape index (κ2) is 7.93. The van der Waals surface area contributed by atoms with Crippen molar-refractivity contribution in [1.82, 2.24) is 9.80 Å². The predicted molar refractivity (Wildman–Crippen MR) is 93.8 cm³/mol. The molecule has 118 valence electrons. The highest BCUT2D eigenvalue weighted by molar-refractivity contribution is 9.10. The Bertz CT molecular complexity index is 469. The molecule has 2 rings (SSSR count). The first kappa shape index (κ1) is 17.2. The van der Waals surface area contributed by atoms with E-state index in [4.69, 9.17) is 17.3 Å². The van der Waals surface area contributed by atoms with Crippen molar-refractivity contribution in [2.24, 2.45) is 5.73 Å². The summed E-state index contributed by atoms with van der Waals surface area (Å²) in [6.45, 7) is 6.19. The molecular weight excluding hydrogens is 350 g/mol. The Morgan fingerprint density at radius 3 is 2.81 bits per heavy atom. The molecule has 0 amide bonds. The molecule has 2 atom stereocenters. The van der Waals surface area contributed by atoms with Crippen molar-refractivity contribution in [3.05, 3.63) is 33.3 Å². The minimum absolute atomic E-state index is 0.196. The lowest BCUT2D eigenvalue weighted by molar-refractivity contribution is 0.131. The number of halogens is 2. The van der Waals surface area contributed by atoms with E-state index in [2.05, 4.69) is 51.8 Å². The Kier molecular flexibility index (Phi) is 6.51. The fourth-order valence-corrected chi connectivity index (χ4v) is 4.05. The van der Waals surface area contributed by atoms with Crippen LogP contribution in [0.4, 0.5) is 0 Å². The van der Waals surface area contributed by atoms with Crippen LogP contribution in [0.3, 0.4) is 0 Å². The van der Waals surface area contributed by atoms with E-state index in [9.17, 15) is 0 Å². The summed E-state index contributed by atoms with van der Waals surface area (Å²) in [6, 6.07) is 6.85. The van der Waals surface area contributed by atoms with E-state index in [0.29, 0.717) is 12.6 Å². The summed E-state index contributed by atoms with van der Waals surface area (Å²) in [6.07, 6.45) is 2.31. The normalized spacial score (nSPS) is 23.0. The van der Waals surface area contributed by atoms with Crippen molar-refractivity contribution in [3.8, 4) is 0 Å². The molecule has 3 nitrogen and oxygen atoms in total. The van der Waals surface area contributed by atoms with Crippen LogP contribution in [-0.4, -0.2) is 49.1 Å². The van der Waals surface area contributed by atoms with Gasteiger partial charge in [-0.3, -0.25) is 4.90 Å². The molecule has 0 bridgehead atoms. The van der Waals surface area contributed by atoms with Crippen molar-refractivity contribution in [2.45, 2.75) is 31.8 Å². The quantitative estimate of drug-likeness (QED) is 0.875. The van der Waals surface area contributed by atoms with Gasteiger partial charge in [-0.15, -0.1) is 0 Å². The number of rotatable bonds is 4. The first-order valence-corrected chi connectivity index (χ1v) is 8.83. The lowest BCUT2D eigenvalue weighted by Crippen LogP contribution is -2.44. The van der Waals surface area contributed by atoms with E-state index in [1.165, 1.54) is 6.42 Å². The highest BCUT2D eigenvalue weighted by Gasteiger charge is 2.29. The van der Waals surface area contributed by atoms with E-state index >= 15 is 0 Å². The van der Waals surface area contributed by atoms with Gasteiger partial charge in [0.05, 0.1) is 0 Å². The Balaban J connectivity index is 2.29. The van der Waals surface area contributed by atoms with Crippen molar-refractivity contribution in [2.75, 3.05) is 33.2 Å². The highest BCUT2D eigenvalue weighted by Crippen LogP contribution is 2.32. The zero-order valence-electron chi connectivity index (χ0n) is 12.9. The summed E-state index contributed by atoms with van der Waals surface area (Å²) in [4.78, 5) is 4.98. The van der Waals surface area contributed by atoms with Crippen LogP contribution in [0.15, 0.2) is 22.7 Å². The molecule has 5 heteroatoms. The molecule has 0 saturated carbocycles. The van der Waals surface area contributed by atoms with Gasteiger partial charge in [-0.25, -0.2) is 0 Å². The SMILES string of the molecule is CCC1CN(C)CCCN1C(CN)c1ccc(Br)cc1Cl. The van der Waals surface area contributed by atoms with Gasteiger partial charge in [0, 0.05) is 41.2 Å². The van der Waals surface area contributed by atoms with Gasteiger partial charge in [0.2, 0.25) is 0 Å². The molecule has 2 unspecified atom stereocenters. The van der Waals surface area contributed by atoms with E-state index in [0.717, 1.165) is 41.1 Å². The Morgan fingerprint density at radius 2 is 2.19 bits per heavy atom. The predicted octanol–water partition coefficient (Wildman–Crippen LogP) is 3.52. The average Bonchev–Trinajstić information content (AvgIpc) is 2.63. The smallest absolute Gasteiger partial charge is 0.0488 e. The Morgan fingerprint density at radius 1 is 1.43 bits per heavy atom. The number of hydrogen-bond acceptors (Lipinski definition) is 3. The zero-order chi connectivity index (χ0) is 15.4. The van der Waals surface area contributed by atoms with E-state index < -0.39 is 0 Å². The molecule has 21 heavy (non-hydrogen) atoms. The molecule has 1 saturated heterocycles. The number of nitrogens with zero attached hydrogens (tertiary/aromatic N) is 2. The standard InChI is InChI=1S/C16H25BrClN3/c1-3-13-11-20(2)7-4-8-21(13)16(10-19)14-6-5-12(17)9-15(14)18/h5-6,9,13,16H,3-4,7-8,10-11,19H2,1-2H3. The minimum Gasteiger partial charge on any atom is -0.329 e. The van der Waals surface area contributed by atoms with Crippen LogP contribution in [0.25, 0.3) is 0 Å². The molecule has 2 N–H and O–H groups in total. The summed E-state index contributed by atoms with van der Waals surface area (Å²) in [5, 5.41) is 0.798. The van der Waals surface area contributed by atoms with Gasteiger partial charge in [-0.1, -0.05) is 40.5 Å². The van der Waals surface area contributed by atoms with Gasteiger partial charge >= 0.3 is 0 Å². The van der Waals surface area contributed by atoms with E-state index in [1.807, 2.05) is 6.07 Å². The van der Waals surface area contributed by atoms with Crippen LogP contribution in [0.1, 0.15) is 31.4 Å². The summed E-state index contributed by atoms with van der Waals surface area (Å²) in [5.74, 6) is 0. The Hall–Kier alpha value is -0.130. The minimum atomic E-state index is 0.196. The third-order valence-corrected chi connectivity index (χ3v) is 5.18. The van der Waals surface area contributed by atoms with Gasteiger partial charge in [0.25, 0.3) is 0 Å². The maximum atomic E-state index is 6.46. The summed E-state index contributed by atoms with van der Waals surface area (Å²) >= 11 is 9.93. The first-order valence-electron chi connectivity index (χ1n) is 7.66. The van der Waals surface area contributed by atoms with Crippen LogP contribution < -0.4 is 5.73 Å². The molecule has 0 radical (unpaired) electrons. The van der Waals surface area contributed by atoms with E-state index in [-0.39, 0.29) is 6.04 Å². The third kappa shape index (κ3) is 4.20. The highest BCUT2D eigenvalue weighted by atomic mass is 79.9.